The normalized spacial score (nSPS) is 19.7. The molecule has 32 heavy (non-hydrogen) atoms. The van der Waals surface area contributed by atoms with Crippen molar-refractivity contribution < 1.29 is 18.0 Å². The van der Waals surface area contributed by atoms with E-state index < -0.39 is 22.1 Å². The van der Waals surface area contributed by atoms with Crippen LogP contribution in [-0.2, 0) is 21.4 Å². The van der Waals surface area contributed by atoms with Gasteiger partial charge in [-0.1, -0.05) is 48.5 Å². The van der Waals surface area contributed by atoms with Crippen LogP contribution in [0.2, 0.25) is 0 Å². The summed E-state index contributed by atoms with van der Waals surface area (Å²) >= 11 is 0. The third-order valence-corrected chi connectivity index (χ3v) is 7.29. The summed E-state index contributed by atoms with van der Waals surface area (Å²) in [6.07, 6.45) is 1.89. The maximum Gasteiger partial charge on any atom is 0.332 e. The first kappa shape index (κ1) is 22.3. The first-order valence-electron chi connectivity index (χ1n) is 10.9. The fourth-order valence-corrected chi connectivity index (χ4v) is 5.24. The van der Waals surface area contributed by atoms with Crippen LogP contribution in [0.25, 0.3) is 0 Å². The fourth-order valence-electron chi connectivity index (χ4n) is 4.26. The van der Waals surface area contributed by atoms with E-state index in [1.807, 2.05) is 30.3 Å². The van der Waals surface area contributed by atoms with Crippen molar-refractivity contribution >= 4 is 22.0 Å². The molecule has 2 aromatic rings. The monoisotopic (exact) mass is 456 g/mol. The molecule has 170 valence electrons. The Hall–Kier alpha value is -2.91. The topological polar surface area (TPSA) is 90.0 Å². The maximum atomic E-state index is 13.3. The zero-order valence-corrected chi connectivity index (χ0v) is 18.7. The highest BCUT2D eigenvalue weighted by molar-refractivity contribution is 7.90. The molecule has 2 aliphatic rings. The Bertz CT molecular complexity index is 1040. The van der Waals surface area contributed by atoms with Crippen molar-refractivity contribution in [2.75, 3.05) is 32.7 Å². The highest BCUT2D eigenvalue weighted by atomic mass is 32.2. The number of urea groups is 1. The van der Waals surface area contributed by atoms with E-state index in [0.717, 1.165) is 18.4 Å². The Morgan fingerprint density at radius 1 is 0.875 bits per heavy atom. The van der Waals surface area contributed by atoms with Crippen LogP contribution in [-0.4, -0.2) is 73.8 Å². The second kappa shape index (κ2) is 9.70. The molecule has 2 saturated heterocycles. The molecule has 0 aromatic heterocycles. The summed E-state index contributed by atoms with van der Waals surface area (Å²) in [5, 5.41) is 0. The lowest BCUT2D eigenvalue weighted by molar-refractivity contribution is -0.137. The Morgan fingerprint density at radius 3 is 2.16 bits per heavy atom. The number of nitrogens with one attached hydrogen (secondary N) is 1. The molecule has 0 aliphatic carbocycles. The molecule has 2 fully saturated rings. The van der Waals surface area contributed by atoms with E-state index in [9.17, 15) is 18.0 Å². The average molecular weight is 457 g/mol. The molecule has 0 spiro atoms. The van der Waals surface area contributed by atoms with E-state index in [1.54, 1.807) is 23.1 Å². The van der Waals surface area contributed by atoms with E-state index in [2.05, 4.69) is 9.62 Å². The highest BCUT2D eigenvalue weighted by Crippen LogP contribution is 2.19. The summed E-state index contributed by atoms with van der Waals surface area (Å²) in [7, 11) is -4.02. The van der Waals surface area contributed by atoms with Crippen molar-refractivity contribution in [1.82, 2.24) is 19.4 Å². The van der Waals surface area contributed by atoms with E-state index in [-0.39, 0.29) is 17.3 Å². The van der Waals surface area contributed by atoms with Gasteiger partial charge >= 0.3 is 6.03 Å². The number of hydrogen-bond acceptors (Lipinski definition) is 5. The van der Waals surface area contributed by atoms with Gasteiger partial charge in [0.05, 0.1) is 4.90 Å². The number of benzene rings is 2. The number of piperazine rings is 1. The second-order valence-corrected chi connectivity index (χ2v) is 9.87. The summed E-state index contributed by atoms with van der Waals surface area (Å²) in [5.74, 6) is -0.118. The van der Waals surface area contributed by atoms with Gasteiger partial charge in [-0.3, -0.25) is 9.69 Å². The molecule has 1 N–H and O–H groups in total. The molecule has 0 saturated carbocycles. The SMILES string of the molecule is O=C(C1CN(Cc2ccccc2)CCN1C(=O)NS(=O)(=O)c1ccccc1)N1CCCC1. The van der Waals surface area contributed by atoms with Crippen LogP contribution >= 0.6 is 0 Å². The summed E-state index contributed by atoms with van der Waals surface area (Å²) in [4.78, 5) is 31.6. The van der Waals surface area contributed by atoms with Crippen LogP contribution in [0.1, 0.15) is 18.4 Å². The molecule has 2 aliphatic heterocycles. The Balaban J connectivity index is 1.51. The molecule has 0 radical (unpaired) electrons. The molecule has 3 amide bonds. The van der Waals surface area contributed by atoms with Gasteiger partial charge < -0.3 is 9.80 Å². The Morgan fingerprint density at radius 2 is 1.50 bits per heavy atom. The molecule has 0 bridgehead atoms. The number of rotatable bonds is 5. The van der Waals surface area contributed by atoms with E-state index in [4.69, 9.17) is 0 Å². The standard InChI is InChI=1S/C23H28N4O4S/c28-22(26-13-7-8-14-26)21-18-25(17-19-9-3-1-4-10-19)15-16-27(21)23(29)24-32(30,31)20-11-5-2-6-12-20/h1-6,9-12,21H,7-8,13-18H2,(H,24,29). The predicted molar refractivity (Wildman–Crippen MR) is 120 cm³/mol. The van der Waals surface area contributed by atoms with Crippen LogP contribution in [0.15, 0.2) is 65.6 Å². The minimum atomic E-state index is -4.02. The fraction of sp³-hybridized carbons (Fsp3) is 0.391. The van der Waals surface area contributed by atoms with Crippen molar-refractivity contribution in [3.05, 3.63) is 66.2 Å². The number of sulfonamides is 1. The third-order valence-electron chi connectivity index (χ3n) is 5.95. The average Bonchev–Trinajstić information content (AvgIpc) is 3.34. The highest BCUT2D eigenvalue weighted by Gasteiger charge is 2.39. The van der Waals surface area contributed by atoms with Crippen molar-refractivity contribution in [3.8, 4) is 0 Å². The largest absolute Gasteiger partial charge is 0.341 e. The summed E-state index contributed by atoms with van der Waals surface area (Å²) in [6, 6.07) is 16.2. The Kier molecular flexibility index (Phi) is 6.76. The minimum Gasteiger partial charge on any atom is -0.341 e. The minimum absolute atomic E-state index is 0.0125. The summed E-state index contributed by atoms with van der Waals surface area (Å²) < 4.78 is 27.5. The van der Waals surface area contributed by atoms with Gasteiger partial charge in [-0.2, -0.15) is 0 Å². The number of likely N-dealkylation sites (tertiary alicyclic amines) is 1. The quantitative estimate of drug-likeness (QED) is 0.742. The van der Waals surface area contributed by atoms with Crippen molar-refractivity contribution in [2.24, 2.45) is 0 Å². The van der Waals surface area contributed by atoms with Crippen LogP contribution in [0.4, 0.5) is 4.79 Å². The van der Waals surface area contributed by atoms with Crippen molar-refractivity contribution in [1.29, 1.82) is 0 Å². The van der Waals surface area contributed by atoms with E-state index in [1.165, 1.54) is 17.0 Å². The van der Waals surface area contributed by atoms with Crippen LogP contribution in [0, 0.1) is 0 Å². The number of hydrogen-bond donors (Lipinski definition) is 1. The third kappa shape index (κ3) is 5.11. The van der Waals surface area contributed by atoms with Gasteiger partial charge in [0.1, 0.15) is 6.04 Å². The molecule has 2 heterocycles. The van der Waals surface area contributed by atoms with Gasteiger partial charge in [0.25, 0.3) is 10.0 Å². The maximum absolute atomic E-state index is 13.3. The molecule has 1 atom stereocenters. The Labute approximate surface area is 188 Å². The van der Waals surface area contributed by atoms with Gasteiger partial charge in [0.2, 0.25) is 5.91 Å². The van der Waals surface area contributed by atoms with E-state index >= 15 is 0 Å². The molecule has 4 rings (SSSR count). The summed E-state index contributed by atoms with van der Waals surface area (Å²) in [6.45, 7) is 3.20. The van der Waals surface area contributed by atoms with Gasteiger partial charge in [-0.25, -0.2) is 17.9 Å². The molecule has 9 heteroatoms. The molecular formula is C23H28N4O4S. The smallest absolute Gasteiger partial charge is 0.332 e. The molecular weight excluding hydrogens is 428 g/mol. The number of carbonyl (C=O) groups is 2. The van der Waals surface area contributed by atoms with Crippen molar-refractivity contribution in [2.45, 2.75) is 30.3 Å². The summed E-state index contributed by atoms with van der Waals surface area (Å²) in [5.41, 5.74) is 1.13. The van der Waals surface area contributed by atoms with Gasteiger partial charge in [0.15, 0.2) is 0 Å². The number of amides is 3. The van der Waals surface area contributed by atoms with E-state index in [0.29, 0.717) is 32.7 Å². The predicted octanol–water partition coefficient (Wildman–Crippen LogP) is 1.89. The first-order chi connectivity index (χ1) is 15.4. The number of nitrogens with zero attached hydrogens (tertiary/aromatic N) is 3. The first-order valence-corrected chi connectivity index (χ1v) is 12.4. The lowest BCUT2D eigenvalue weighted by Gasteiger charge is -2.41. The van der Waals surface area contributed by atoms with Gasteiger partial charge in [0, 0.05) is 39.3 Å². The lowest BCUT2D eigenvalue weighted by atomic mass is 10.1. The lowest BCUT2D eigenvalue weighted by Crippen LogP contribution is -2.62. The van der Waals surface area contributed by atoms with Crippen LogP contribution < -0.4 is 4.72 Å². The van der Waals surface area contributed by atoms with Crippen LogP contribution in [0.3, 0.4) is 0 Å². The second-order valence-electron chi connectivity index (χ2n) is 8.19. The van der Waals surface area contributed by atoms with Crippen LogP contribution in [0.5, 0.6) is 0 Å². The molecule has 1 unspecified atom stereocenters. The molecule has 8 nitrogen and oxygen atoms in total. The van der Waals surface area contributed by atoms with Crippen molar-refractivity contribution in [3.63, 3.8) is 0 Å². The van der Waals surface area contributed by atoms with Gasteiger partial charge in [-0.05, 0) is 30.5 Å². The molecule has 2 aromatic carbocycles. The van der Waals surface area contributed by atoms with Gasteiger partial charge in [-0.15, -0.1) is 0 Å². The zero-order chi connectivity index (χ0) is 22.6. The zero-order valence-electron chi connectivity index (χ0n) is 17.9. The number of carbonyl (C=O) groups excluding carboxylic acids is 2.